The lowest BCUT2D eigenvalue weighted by atomic mass is 9.76. The lowest BCUT2D eigenvalue weighted by molar-refractivity contribution is -0.0124. The zero-order valence-electron chi connectivity index (χ0n) is 10.8. The fraction of sp³-hybridized carbons (Fsp3) is 0.600. The van der Waals surface area contributed by atoms with E-state index < -0.39 is 5.60 Å². The average Bonchev–Trinajstić information content (AvgIpc) is 2.28. The van der Waals surface area contributed by atoms with Crippen molar-refractivity contribution in [1.82, 2.24) is 0 Å². The first kappa shape index (κ1) is 12.4. The molecule has 0 saturated heterocycles. The van der Waals surface area contributed by atoms with E-state index in [0.717, 1.165) is 31.4 Å². The number of aliphatic hydroxyl groups is 1. The summed E-state index contributed by atoms with van der Waals surface area (Å²) in [5.41, 5.74) is 0.658. The summed E-state index contributed by atoms with van der Waals surface area (Å²) in [4.78, 5) is 0. The van der Waals surface area contributed by atoms with E-state index in [0.29, 0.717) is 5.92 Å². The standard InChI is InChI=1S/C15H22O2/c1-12-5-4-8-15(16,10-12)11-13-6-3-7-14(9-13)17-2/h3,6-7,9,12,16H,4-5,8,10-11H2,1-2H3. The molecule has 0 heterocycles. The monoisotopic (exact) mass is 234 g/mol. The maximum atomic E-state index is 10.6. The van der Waals surface area contributed by atoms with Gasteiger partial charge < -0.3 is 9.84 Å². The summed E-state index contributed by atoms with van der Waals surface area (Å²) in [5, 5.41) is 10.6. The van der Waals surface area contributed by atoms with Gasteiger partial charge in [0, 0.05) is 6.42 Å². The molecule has 0 aromatic heterocycles. The van der Waals surface area contributed by atoms with Crippen LogP contribution < -0.4 is 4.74 Å². The number of rotatable bonds is 3. The van der Waals surface area contributed by atoms with Gasteiger partial charge in [-0.05, 0) is 36.5 Å². The van der Waals surface area contributed by atoms with Crippen LogP contribution in [0.3, 0.4) is 0 Å². The lowest BCUT2D eigenvalue weighted by Crippen LogP contribution is -2.36. The van der Waals surface area contributed by atoms with Crippen molar-refractivity contribution in [3.8, 4) is 5.75 Å². The average molecular weight is 234 g/mol. The lowest BCUT2D eigenvalue weighted by Gasteiger charge is -2.35. The van der Waals surface area contributed by atoms with Gasteiger partial charge in [-0.25, -0.2) is 0 Å². The fourth-order valence-corrected chi connectivity index (χ4v) is 2.96. The maximum absolute atomic E-state index is 10.6. The molecule has 1 aliphatic carbocycles. The van der Waals surface area contributed by atoms with Gasteiger partial charge in [0.15, 0.2) is 0 Å². The molecule has 2 heteroatoms. The van der Waals surface area contributed by atoms with Crippen LogP contribution >= 0.6 is 0 Å². The second-order valence-electron chi connectivity index (χ2n) is 5.45. The Balaban J connectivity index is 2.08. The van der Waals surface area contributed by atoms with Gasteiger partial charge in [-0.3, -0.25) is 0 Å². The van der Waals surface area contributed by atoms with Crippen molar-refractivity contribution in [3.05, 3.63) is 29.8 Å². The first-order chi connectivity index (χ1) is 8.11. The Hall–Kier alpha value is -1.02. The van der Waals surface area contributed by atoms with Crippen LogP contribution in [-0.2, 0) is 6.42 Å². The van der Waals surface area contributed by atoms with Crippen molar-refractivity contribution in [2.45, 2.75) is 44.6 Å². The highest BCUT2D eigenvalue weighted by molar-refractivity contribution is 5.29. The molecule has 0 bridgehead atoms. The van der Waals surface area contributed by atoms with E-state index in [-0.39, 0.29) is 0 Å². The molecule has 1 aliphatic rings. The molecular formula is C15H22O2. The largest absolute Gasteiger partial charge is 0.497 e. The molecule has 17 heavy (non-hydrogen) atoms. The van der Waals surface area contributed by atoms with Crippen LogP contribution in [0.1, 0.15) is 38.2 Å². The maximum Gasteiger partial charge on any atom is 0.119 e. The van der Waals surface area contributed by atoms with Crippen molar-refractivity contribution < 1.29 is 9.84 Å². The molecule has 0 aliphatic heterocycles. The van der Waals surface area contributed by atoms with E-state index in [4.69, 9.17) is 4.74 Å². The molecule has 2 nitrogen and oxygen atoms in total. The summed E-state index contributed by atoms with van der Waals surface area (Å²) in [6, 6.07) is 8.03. The number of ether oxygens (including phenoxy) is 1. The first-order valence-electron chi connectivity index (χ1n) is 6.47. The van der Waals surface area contributed by atoms with E-state index in [1.807, 2.05) is 18.2 Å². The third-order valence-corrected chi connectivity index (χ3v) is 3.73. The topological polar surface area (TPSA) is 29.5 Å². The van der Waals surface area contributed by atoms with Crippen molar-refractivity contribution >= 4 is 0 Å². The third-order valence-electron chi connectivity index (χ3n) is 3.73. The van der Waals surface area contributed by atoms with E-state index in [2.05, 4.69) is 13.0 Å². The van der Waals surface area contributed by atoms with Gasteiger partial charge in [0.2, 0.25) is 0 Å². The Morgan fingerprint density at radius 2 is 2.29 bits per heavy atom. The summed E-state index contributed by atoms with van der Waals surface area (Å²) in [6.07, 6.45) is 4.98. The molecule has 1 aromatic rings. The zero-order chi connectivity index (χ0) is 12.3. The molecule has 2 atom stereocenters. The Kier molecular flexibility index (Phi) is 3.72. The second kappa shape index (κ2) is 5.09. The molecule has 2 rings (SSSR count). The number of methoxy groups -OCH3 is 1. The Labute approximate surface area is 104 Å². The normalized spacial score (nSPS) is 29.0. The number of hydrogen-bond donors (Lipinski definition) is 1. The van der Waals surface area contributed by atoms with Crippen molar-refractivity contribution in [3.63, 3.8) is 0 Å². The predicted molar refractivity (Wildman–Crippen MR) is 69.3 cm³/mol. The van der Waals surface area contributed by atoms with E-state index >= 15 is 0 Å². The number of benzene rings is 1. The van der Waals surface area contributed by atoms with Gasteiger partial charge in [0.05, 0.1) is 12.7 Å². The van der Waals surface area contributed by atoms with Crippen LogP contribution in [0, 0.1) is 5.92 Å². The highest BCUT2D eigenvalue weighted by atomic mass is 16.5. The first-order valence-corrected chi connectivity index (χ1v) is 6.47. The summed E-state index contributed by atoms with van der Waals surface area (Å²) in [7, 11) is 1.68. The van der Waals surface area contributed by atoms with Crippen LogP contribution in [0.5, 0.6) is 5.75 Å². The minimum absolute atomic E-state index is 0.510. The Morgan fingerprint density at radius 1 is 1.47 bits per heavy atom. The molecule has 0 spiro atoms. The van der Waals surface area contributed by atoms with Gasteiger partial charge in [-0.15, -0.1) is 0 Å². The van der Waals surface area contributed by atoms with Crippen molar-refractivity contribution in [1.29, 1.82) is 0 Å². The minimum Gasteiger partial charge on any atom is -0.497 e. The fourth-order valence-electron chi connectivity index (χ4n) is 2.96. The van der Waals surface area contributed by atoms with E-state index in [1.165, 1.54) is 12.0 Å². The molecule has 2 unspecified atom stereocenters. The smallest absolute Gasteiger partial charge is 0.119 e. The summed E-state index contributed by atoms with van der Waals surface area (Å²) in [6.45, 7) is 2.23. The van der Waals surface area contributed by atoms with Crippen LogP contribution in [0.2, 0.25) is 0 Å². The highest BCUT2D eigenvalue weighted by Gasteiger charge is 2.32. The second-order valence-corrected chi connectivity index (χ2v) is 5.45. The summed E-state index contributed by atoms with van der Waals surface area (Å²) in [5.74, 6) is 1.51. The van der Waals surface area contributed by atoms with Gasteiger partial charge >= 0.3 is 0 Å². The molecule has 1 aromatic carbocycles. The van der Waals surface area contributed by atoms with Crippen molar-refractivity contribution in [2.75, 3.05) is 7.11 Å². The van der Waals surface area contributed by atoms with E-state index in [1.54, 1.807) is 7.11 Å². The molecule has 0 radical (unpaired) electrons. The van der Waals surface area contributed by atoms with Crippen molar-refractivity contribution in [2.24, 2.45) is 5.92 Å². The van der Waals surface area contributed by atoms with Crippen LogP contribution in [0.15, 0.2) is 24.3 Å². The van der Waals surface area contributed by atoms with Gasteiger partial charge in [-0.2, -0.15) is 0 Å². The molecule has 94 valence electrons. The molecule has 0 amide bonds. The molecule has 1 fully saturated rings. The van der Waals surface area contributed by atoms with Crippen LogP contribution in [0.25, 0.3) is 0 Å². The Morgan fingerprint density at radius 3 is 3.00 bits per heavy atom. The Bertz CT molecular complexity index is 375. The third kappa shape index (κ3) is 3.22. The van der Waals surface area contributed by atoms with Gasteiger partial charge in [0.25, 0.3) is 0 Å². The predicted octanol–water partition coefficient (Wildman–Crippen LogP) is 3.18. The van der Waals surface area contributed by atoms with Gasteiger partial charge in [0.1, 0.15) is 5.75 Å². The van der Waals surface area contributed by atoms with Crippen LogP contribution in [0.4, 0.5) is 0 Å². The molecule has 1 N–H and O–H groups in total. The highest BCUT2D eigenvalue weighted by Crippen LogP contribution is 2.35. The molecular weight excluding hydrogens is 212 g/mol. The van der Waals surface area contributed by atoms with Gasteiger partial charge in [-0.1, -0.05) is 31.9 Å². The molecule has 1 saturated carbocycles. The van der Waals surface area contributed by atoms with Crippen LogP contribution in [-0.4, -0.2) is 17.8 Å². The quantitative estimate of drug-likeness (QED) is 0.870. The summed E-state index contributed by atoms with van der Waals surface area (Å²) >= 11 is 0. The SMILES string of the molecule is COc1cccc(CC2(O)CCCC(C)C2)c1. The summed E-state index contributed by atoms with van der Waals surface area (Å²) < 4.78 is 5.22. The van der Waals surface area contributed by atoms with E-state index in [9.17, 15) is 5.11 Å². The minimum atomic E-state index is -0.510. The number of hydrogen-bond acceptors (Lipinski definition) is 2. The zero-order valence-corrected chi connectivity index (χ0v) is 10.8.